The lowest BCUT2D eigenvalue weighted by molar-refractivity contribution is 0.289. The number of hydrogen-bond acceptors (Lipinski definition) is 8. The minimum Gasteiger partial charge on any atom is -0.396 e. The average Bonchev–Trinajstić information content (AvgIpc) is 2.93. The predicted molar refractivity (Wildman–Crippen MR) is 75.9 cm³/mol. The van der Waals surface area contributed by atoms with E-state index in [1.807, 2.05) is 13.8 Å². The molecule has 0 aliphatic carbocycles. The van der Waals surface area contributed by atoms with Gasteiger partial charge in [0.1, 0.15) is 12.7 Å². The van der Waals surface area contributed by atoms with Gasteiger partial charge in [-0.15, -0.1) is 0 Å². The number of rotatable bonds is 7. The van der Waals surface area contributed by atoms with Crippen LogP contribution in [0, 0.1) is 0 Å². The number of thioether (sulfide) groups is 1. The van der Waals surface area contributed by atoms with E-state index in [1.165, 1.54) is 29.1 Å². The molecule has 2 rings (SSSR count). The molecule has 0 bridgehead atoms. The van der Waals surface area contributed by atoms with Crippen molar-refractivity contribution in [3.63, 3.8) is 0 Å². The SMILES string of the molecule is CCNc1nc(SC(C)CCO)nc(-n2cncn2)n1. The zero-order valence-corrected chi connectivity index (χ0v) is 12.2. The maximum atomic E-state index is 8.96. The number of nitrogens with zero attached hydrogens (tertiary/aromatic N) is 6. The molecule has 9 heteroatoms. The van der Waals surface area contributed by atoms with Gasteiger partial charge in [0.2, 0.25) is 5.95 Å². The number of hydrogen-bond donors (Lipinski definition) is 2. The van der Waals surface area contributed by atoms with E-state index in [0.717, 1.165) is 6.54 Å². The summed E-state index contributed by atoms with van der Waals surface area (Å²) in [5.74, 6) is 0.929. The van der Waals surface area contributed by atoms with Gasteiger partial charge >= 0.3 is 0 Å². The molecule has 0 fully saturated rings. The highest BCUT2D eigenvalue weighted by Crippen LogP contribution is 2.22. The van der Waals surface area contributed by atoms with Crippen molar-refractivity contribution >= 4 is 17.7 Å². The molecule has 1 unspecified atom stereocenters. The lowest BCUT2D eigenvalue weighted by Crippen LogP contribution is -2.11. The van der Waals surface area contributed by atoms with Gasteiger partial charge in [0.05, 0.1) is 0 Å². The first-order chi connectivity index (χ1) is 9.72. The molecule has 8 nitrogen and oxygen atoms in total. The van der Waals surface area contributed by atoms with Crippen LogP contribution in [0.3, 0.4) is 0 Å². The molecule has 0 amide bonds. The van der Waals surface area contributed by atoms with Crippen molar-refractivity contribution in [1.82, 2.24) is 29.7 Å². The summed E-state index contributed by atoms with van der Waals surface area (Å²) >= 11 is 1.50. The summed E-state index contributed by atoms with van der Waals surface area (Å²) < 4.78 is 1.49. The van der Waals surface area contributed by atoms with Gasteiger partial charge in [0, 0.05) is 18.4 Å². The van der Waals surface area contributed by atoms with Crippen molar-refractivity contribution in [1.29, 1.82) is 0 Å². The summed E-state index contributed by atoms with van der Waals surface area (Å²) in [5.41, 5.74) is 0. The monoisotopic (exact) mass is 295 g/mol. The fourth-order valence-electron chi connectivity index (χ4n) is 1.47. The fourth-order valence-corrected chi connectivity index (χ4v) is 2.33. The second-order valence-electron chi connectivity index (χ2n) is 4.05. The van der Waals surface area contributed by atoms with Crippen LogP contribution in [0.1, 0.15) is 20.3 Å². The molecule has 0 saturated heterocycles. The van der Waals surface area contributed by atoms with Crippen LogP contribution in [0.15, 0.2) is 17.8 Å². The van der Waals surface area contributed by atoms with Crippen LogP contribution in [0.4, 0.5) is 5.95 Å². The molecule has 1 atom stereocenters. The Hall–Kier alpha value is -1.74. The van der Waals surface area contributed by atoms with Gasteiger partial charge in [-0.2, -0.15) is 24.7 Å². The van der Waals surface area contributed by atoms with Crippen molar-refractivity contribution in [3.05, 3.63) is 12.7 Å². The summed E-state index contributed by atoms with van der Waals surface area (Å²) in [4.78, 5) is 16.9. The van der Waals surface area contributed by atoms with Crippen molar-refractivity contribution in [2.24, 2.45) is 0 Å². The van der Waals surface area contributed by atoms with Gasteiger partial charge in [0.25, 0.3) is 5.95 Å². The molecule has 0 aliphatic heterocycles. The molecule has 0 spiro atoms. The van der Waals surface area contributed by atoms with E-state index in [-0.39, 0.29) is 11.9 Å². The van der Waals surface area contributed by atoms with Crippen LogP contribution in [0.25, 0.3) is 5.95 Å². The predicted octanol–water partition coefficient (Wildman–Crippen LogP) is 0.747. The van der Waals surface area contributed by atoms with Gasteiger partial charge in [-0.3, -0.25) is 0 Å². The molecule has 0 saturated carbocycles. The lowest BCUT2D eigenvalue weighted by Gasteiger charge is -2.10. The first-order valence-electron chi connectivity index (χ1n) is 6.35. The molecule has 2 N–H and O–H groups in total. The first kappa shape index (κ1) is 14.7. The third kappa shape index (κ3) is 3.87. The van der Waals surface area contributed by atoms with Gasteiger partial charge < -0.3 is 10.4 Å². The Kier molecular flexibility index (Phi) is 5.24. The quantitative estimate of drug-likeness (QED) is 0.721. The molecule has 0 aliphatic rings. The molecular weight excluding hydrogens is 278 g/mol. The molecule has 2 heterocycles. The standard InChI is InChI=1S/C11H17N7OS/c1-3-13-9-15-10(18-7-12-6-14-18)17-11(16-9)20-8(2)4-5-19/h6-8,19H,3-5H2,1-2H3,(H,13,15,16,17). The van der Waals surface area contributed by atoms with Crippen LogP contribution >= 0.6 is 11.8 Å². The van der Waals surface area contributed by atoms with E-state index in [4.69, 9.17) is 5.11 Å². The van der Waals surface area contributed by atoms with Crippen molar-refractivity contribution < 1.29 is 5.11 Å². The normalized spacial score (nSPS) is 12.3. The highest BCUT2D eigenvalue weighted by atomic mass is 32.2. The zero-order valence-electron chi connectivity index (χ0n) is 11.4. The van der Waals surface area contributed by atoms with E-state index in [2.05, 4.69) is 30.4 Å². The third-order valence-electron chi connectivity index (χ3n) is 2.40. The van der Waals surface area contributed by atoms with Gasteiger partial charge in [-0.05, 0) is 13.3 Å². The van der Waals surface area contributed by atoms with Crippen LogP contribution in [-0.4, -0.2) is 53.2 Å². The summed E-state index contributed by atoms with van der Waals surface area (Å²) in [6.07, 6.45) is 3.65. The Bertz CT molecular complexity index is 534. The Morgan fingerprint density at radius 3 is 2.90 bits per heavy atom. The number of anilines is 1. The minimum absolute atomic E-state index is 0.148. The van der Waals surface area contributed by atoms with E-state index < -0.39 is 0 Å². The smallest absolute Gasteiger partial charge is 0.257 e. The van der Waals surface area contributed by atoms with E-state index in [1.54, 1.807) is 0 Å². The number of aliphatic hydroxyl groups is 1. The molecule has 0 aromatic carbocycles. The molecule has 20 heavy (non-hydrogen) atoms. The van der Waals surface area contributed by atoms with Crippen molar-refractivity contribution in [2.45, 2.75) is 30.7 Å². The number of aliphatic hydroxyl groups excluding tert-OH is 1. The van der Waals surface area contributed by atoms with E-state index >= 15 is 0 Å². The average molecular weight is 295 g/mol. The molecule has 0 radical (unpaired) electrons. The van der Waals surface area contributed by atoms with Gasteiger partial charge in [-0.25, -0.2) is 4.98 Å². The molecule has 108 valence electrons. The Labute approximate surface area is 121 Å². The highest BCUT2D eigenvalue weighted by Gasteiger charge is 2.12. The largest absolute Gasteiger partial charge is 0.396 e. The Morgan fingerprint density at radius 2 is 2.25 bits per heavy atom. The maximum Gasteiger partial charge on any atom is 0.257 e. The van der Waals surface area contributed by atoms with Crippen LogP contribution in [-0.2, 0) is 0 Å². The van der Waals surface area contributed by atoms with Gasteiger partial charge in [-0.1, -0.05) is 18.7 Å². The number of nitrogens with one attached hydrogen (secondary N) is 1. The molecule has 2 aromatic heterocycles. The Morgan fingerprint density at radius 1 is 1.40 bits per heavy atom. The molecular formula is C11H17N7OS. The Balaban J connectivity index is 2.26. The topological polar surface area (TPSA) is 102 Å². The first-order valence-corrected chi connectivity index (χ1v) is 7.23. The summed E-state index contributed by atoms with van der Waals surface area (Å²) in [6, 6.07) is 0. The second kappa shape index (κ2) is 7.15. The minimum atomic E-state index is 0.148. The lowest BCUT2D eigenvalue weighted by atomic mass is 10.4. The summed E-state index contributed by atoms with van der Waals surface area (Å²) in [7, 11) is 0. The van der Waals surface area contributed by atoms with E-state index in [0.29, 0.717) is 23.5 Å². The number of aromatic nitrogens is 6. The third-order valence-corrected chi connectivity index (χ3v) is 3.44. The van der Waals surface area contributed by atoms with Crippen molar-refractivity contribution in [3.8, 4) is 5.95 Å². The molecule has 2 aromatic rings. The van der Waals surface area contributed by atoms with Crippen LogP contribution in [0.5, 0.6) is 0 Å². The van der Waals surface area contributed by atoms with Crippen LogP contribution < -0.4 is 5.32 Å². The second-order valence-corrected chi connectivity index (χ2v) is 5.46. The van der Waals surface area contributed by atoms with E-state index in [9.17, 15) is 0 Å². The van der Waals surface area contributed by atoms with Crippen molar-refractivity contribution in [2.75, 3.05) is 18.5 Å². The summed E-state index contributed by atoms with van der Waals surface area (Å²) in [6.45, 7) is 4.86. The van der Waals surface area contributed by atoms with Crippen LogP contribution in [0.2, 0.25) is 0 Å². The maximum absolute atomic E-state index is 8.96. The summed E-state index contributed by atoms with van der Waals surface area (Å²) in [5, 5.41) is 16.9. The fraction of sp³-hybridized carbons (Fsp3) is 0.545. The van der Waals surface area contributed by atoms with Gasteiger partial charge in [0.15, 0.2) is 5.16 Å². The highest BCUT2D eigenvalue weighted by molar-refractivity contribution is 7.99. The zero-order chi connectivity index (χ0) is 14.4.